The van der Waals surface area contributed by atoms with Gasteiger partial charge in [0.25, 0.3) is 0 Å². The SMILES string of the molecule is N#Cc1cccc(-c2ccc3cc(-c4c5oc6c(c5cc5c4oc4ccccc45)CCC=C6)ccc3c2)c1. The Bertz CT molecular complexity index is 2150. The first-order valence-corrected chi connectivity index (χ1v) is 12.9. The van der Waals surface area contributed by atoms with Gasteiger partial charge in [-0.05, 0) is 82.8 Å². The molecule has 7 aromatic rings. The van der Waals surface area contributed by atoms with Crippen LogP contribution in [0.25, 0.3) is 72.0 Å². The Morgan fingerprint density at radius 2 is 1.45 bits per heavy atom. The minimum atomic E-state index is 0.664. The number of hydrogen-bond acceptors (Lipinski definition) is 3. The molecule has 3 heteroatoms. The first-order valence-electron chi connectivity index (χ1n) is 12.9. The summed E-state index contributed by atoms with van der Waals surface area (Å²) < 4.78 is 13.0. The van der Waals surface area contributed by atoms with Crippen LogP contribution in [-0.2, 0) is 6.42 Å². The molecule has 0 fully saturated rings. The predicted molar refractivity (Wildman–Crippen MR) is 154 cm³/mol. The molecule has 0 N–H and O–H groups in total. The zero-order chi connectivity index (χ0) is 25.2. The standard InChI is InChI=1S/C35H21NO2/c36-20-21-6-5-7-22(16-21)23-12-13-25-18-26(15-14-24(25)17-23)33-34-29(27-8-1-3-10-31(27)37-34)19-30-28-9-2-4-11-32(28)38-35(30)33/h1,3-8,10-19H,2,9H2. The maximum atomic E-state index is 9.30. The summed E-state index contributed by atoms with van der Waals surface area (Å²) in [6.07, 6.45) is 6.29. The van der Waals surface area contributed by atoms with Crippen LogP contribution >= 0.6 is 0 Å². The first-order chi connectivity index (χ1) is 18.8. The van der Waals surface area contributed by atoms with Gasteiger partial charge in [-0.2, -0.15) is 5.26 Å². The summed E-state index contributed by atoms with van der Waals surface area (Å²) in [6.45, 7) is 0. The monoisotopic (exact) mass is 487 g/mol. The fourth-order valence-corrected chi connectivity index (χ4v) is 5.90. The number of furan rings is 2. The summed E-state index contributed by atoms with van der Waals surface area (Å²) in [5, 5.41) is 15.0. The maximum absolute atomic E-state index is 9.30. The molecule has 8 rings (SSSR count). The number of para-hydroxylation sites is 1. The van der Waals surface area contributed by atoms with Gasteiger partial charge in [-0.3, -0.25) is 0 Å². The molecule has 0 atom stereocenters. The van der Waals surface area contributed by atoms with Crippen LogP contribution in [0.5, 0.6) is 0 Å². The quantitative estimate of drug-likeness (QED) is 0.244. The molecule has 0 saturated carbocycles. The van der Waals surface area contributed by atoms with Crippen LogP contribution in [0, 0.1) is 11.3 Å². The van der Waals surface area contributed by atoms with Gasteiger partial charge in [-0.25, -0.2) is 0 Å². The van der Waals surface area contributed by atoms with Gasteiger partial charge >= 0.3 is 0 Å². The van der Waals surface area contributed by atoms with Crippen LogP contribution in [0.4, 0.5) is 0 Å². The largest absolute Gasteiger partial charge is 0.456 e. The van der Waals surface area contributed by atoms with E-state index in [1.807, 2.05) is 36.4 Å². The van der Waals surface area contributed by atoms with Crippen LogP contribution in [0.15, 0.2) is 106 Å². The van der Waals surface area contributed by atoms with E-state index in [2.05, 4.69) is 72.8 Å². The Balaban J connectivity index is 1.38. The summed E-state index contributed by atoms with van der Waals surface area (Å²) in [4.78, 5) is 0. The number of nitrogens with zero attached hydrogens (tertiary/aromatic N) is 1. The summed E-state index contributed by atoms with van der Waals surface area (Å²) in [5.41, 5.74) is 8.78. The summed E-state index contributed by atoms with van der Waals surface area (Å²) in [5.74, 6) is 0.953. The molecule has 3 nitrogen and oxygen atoms in total. The number of benzene rings is 5. The first kappa shape index (κ1) is 21.1. The maximum Gasteiger partial charge on any atom is 0.147 e. The van der Waals surface area contributed by atoms with Crippen molar-refractivity contribution in [3.63, 3.8) is 0 Å². The number of nitriles is 1. The molecular weight excluding hydrogens is 466 g/mol. The van der Waals surface area contributed by atoms with Crippen molar-refractivity contribution in [3.05, 3.63) is 114 Å². The van der Waals surface area contributed by atoms with Crippen molar-refractivity contribution in [2.24, 2.45) is 0 Å². The third-order valence-electron chi connectivity index (χ3n) is 7.74. The van der Waals surface area contributed by atoms with Crippen molar-refractivity contribution >= 4 is 49.8 Å². The molecule has 0 bridgehead atoms. The Labute approximate surface area is 218 Å². The molecule has 0 spiro atoms. The van der Waals surface area contributed by atoms with Crippen molar-refractivity contribution in [1.82, 2.24) is 0 Å². The second-order valence-electron chi connectivity index (χ2n) is 9.96. The molecule has 38 heavy (non-hydrogen) atoms. The molecule has 0 amide bonds. The van der Waals surface area contributed by atoms with E-state index in [1.165, 1.54) is 10.9 Å². The molecule has 5 aromatic carbocycles. The molecule has 178 valence electrons. The van der Waals surface area contributed by atoms with Gasteiger partial charge < -0.3 is 8.83 Å². The molecule has 2 aromatic heterocycles. The minimum Gasteiger partial charge on any atom is -0.456 e. The average Bonchev–Trinajstić information content (AvgIpc) is 3.53. The summed E-state index contributed by atoms with van der Waals surface area (Å²) in [7, 11) is 0. The zero-order valence-corrected chi connectivity index (χ0v) is 20.5. The number of hydrogen-bond donors (Lipinski definition) is 0. The normalized spacial score (nSPS) is 12.9. The van der Waals surface area contributed by atoms with E-state index in [-0.39, 0.29) is 0 Å². The van der Waals surface area contributed by atoms with E-state index >= 15 is 0 Å². The molecule has 2 heterocycles. The molecular formula is C35H21NO2. The third kappa shape index (κ3) is 3.07. The Hall–Kier alpha value is -5.07. The predicted octanol–water partition coefficient (Wildman–Crippen LogP) is 9.65. The lowest BCUT2D eigenvalue weighted by Gasteiger charge is -2.09. The highest BCUT2D eigenvalue weighted by molar-refractivity contribution is 6.18. The molecule has 1 aliphatic carbocycles. The van der Waals surface area contributed by atoms with Crippen LogP contribution in [0.2, 0.25) is 0 Å². The zero-order valence-electron chi connectivity index (χ0n) is 20.5. The number of rotatable bonds is 2. The highest BCUT2D eigenvalue weighted by Crippen LogP contribution is 2.45. The van der Waals surface area contributed by atoms with Crippen molar-refractivity contribution in [2.75, 3.05) is 0 Å². The topological polar surface area (TPSA) is 50.1 Å². The highest BCUT2D eigenvalue weighted by atomic mass is 16.3. The average molecular weight is 488 g/mol. The van der Waals surface area contributed by atoms with Crippen molar-refractivity contribution in [3.8, 4) is 28.3 Å². The molecule has 0 aliphatic heterocycles. The van der Waals surface area contributed by atoms with E-state index in [0.29, 0.717) is 5.56 Å². The Morgan fingerprint density at radius 3 is 2.34 bits per heavy atom. The van der Waals surface area contributed by atoms with Gasteiger partial charge in [0, 0.05) is 21.7 Å². The summed E-state index contributed by atoms with van der Waals surface area (Å²) >= 11 is 0. The lowest BCUT2D eigenvalue weighted by atomic mass is 9.93. The smallest absolute Gasteiger partial charge is 0.147 e. The fraction of sp³-hybridized carbons (Fsp3) is 0.0571. The van der Waals surface area contributed by atoms with E-state index < -0.39 is 0 Å². The van der Waals surface area contributed by atoms with Gasteiger partial charge in [-0.1, -0.05) is 60.7 Å². The summed E-state index contributed by atoms with van der Waals surface area (Å²) in [6, 6.07) is 33.5. The Morgan fingerprint density at radius 1 is 0.658 bits per heavy atom. The van der Waals surface area contributed by atoms with Crippen molar-refractivity contribution in [1.29, 1.82) is 5.26 Å². The highest BCUT2D eigenvalue weighted by Gasteiger charge is 2.23. The number of aryl methyl sites for hydroxylation is 1. The van der Waals surface area contributed by atoms with E-state index in [0.717, 1.165) is 79.1 Å². The van der Waals surface area contributed by atoms with Crippen LogP contribution in [0.1, 0.15) is 23.3 Å². The van der Waals surface area contributed by atoms with Gasteiger partial charge in [0.2, 0.25) is 0 Å². The third-order valence-corrected chi connectivity index (χ3v) is 7.74. The molecule has 1 aliphatic rings. The lowest BCUT2D eigenvalue weighted by Crippen LogP contribution is -1.89. The molecule has 0 unspecified atom stereocenters. The second-order valence-corrected chi connectivity index (χ2v) is 9.96. The second kappa shape index (κ2) is 7.96. The number of allylic oxidation sites excluding steroid dienone is 1. The van der Waals surface area contributed by atoms with Crippen molar-refractivity contribution < 1.29 is 8.83 Å². The van der Waals surface area contributed by atoms with Gasteiger partial charge in [0.05, 0.1) is 17.2 Å². The van der Waals surface area contributed by atoms with Crippen LogP contribution in [0.3, 0.4) is 0 Å². The van der Waals surface area contributed by atoms with Crippen molar-refractivity contribution in [2.45, 2.75) is 12.8 Å². The molecule has 0 radical (unpaired) electrons. The van der Waals surface area contributed by atoms with E-state index in [9.17, 15) is 5.26 Å². The van der Waals surface area contributed by atoms with Gasteiger partial charge in [0.1, 0.15) is 22.5 Å². The van der Waals surface area contributed by atoms with Gasteiger partial charge in [-0.15, -0.1) is 0 Å². The van der Waals surface area contributed by atoms with Gasteiger partial charge in [0.15, 0.2) is 0 Å². The minimum absolute atomic E-state index is 0.664. The van der Waals surface area contributed by atoms with Crippen LogP contribution < -0.4 is 0 Å². The van der Waals surface area contributed by atoms with Crippen LogP contribution in [-0.4, -0.2) is 0 Å². The molecule has 0 saturated heterocycles. The lowest BCUT2D eigenvalue weighted by molar-refractivity contribution is 0.595. The fourth-order valence-electron chi connectivity index (χ4n) is 5.90. The number of fused-ring (bicyclic) bond motifs is 7. The van der Waals surface area contributed by atoms with E-state index in [1.54, 1.807) is 0 Å². The van der Waals surface area contributed by atoms with E-state index in [4.69, 9.17) is 8.83 Å². The Kier molecular flexibility index (Phi) is 4.41.